The SMILES string of the molecule is Cc1ccc(N2C(=O)N[C@](NS(=O)(=O)c3ccccc3)(C(F)(F)F)C2=O)cc1. The minimum Gasteiger partial charge on any atom is -0.302 e. The van der Waals surface area contributed by atoms with Crippen molar-refractivity contribution < 1.29 is 31.2 Å². The van der Waals surface area contributed by atoms with Crippen LogP contribution in [0, 0.1) is 6.92 Å². The molecule has 0 unspecified atom stereocenters. The van der Waals surface area contributed by atoms with Crippen molar-refractivity contribution in [2.24, 2.45) is 0 Å². The van der Waals surface area contributed by atoms with E-state index in [0.29, 0.717) is 0 Å². The highest BCUT2D eigenvalue weighted by molar-refractivity contribution is 7.89. The fourth-order valence-corrected chi connectivity index (χ4v) is 3.93. The first-order valence-corrected chi connectivity index (χ1v) is 9.35. The van der Waals surface area contributed by atoms with Crippen molar-refractivity contribution in [1.82, 2.24) is 10.0 Å². The van der Waals surface area contributed by atoms with E-state index in [4.69, 9.17) is 0 Å². The number of benzene rings is 2. The quantitative estimate of drug-likeness (QED) is 0.752. The Balaban J connectivity index is 2.07. The molecule has 2 N–H and O–H groups in total. The number of rotatable bonds is 4. The monoisotopic (exact) mass is 413 g/mol. The van der Waals surface area contributed by atoms with E-state index in [1.165, 1.54) is 52.5 Å². The lowest BCUT2D eigenvalue weighted by Crippen LogP contribution is -2.69. The molecular weight excluding hydrogens is 399 g/mol. The lowest BCUT2D eigenvalue weighted by Gasteiger charge is -2.29. The van der Waals surface area contributed by atoms with Crippen LogP contribution in [0.2, 0.25) is 0 Å². The number of anilines is 1. The Morgan fingerprint density at radius 3 is 2.11 bits per heavy atom. The molecule has 3 rings (SSSR count). The minimum absolute atomic E-state index is 0.127. The topological polar surface area (TPSA) is 95.6 Å². The lowest BCUT2D eigenvalue weighted by molar-refractivity contribution is -0.194. The number of carbonyl (C=O) groups is 2. The Bertz CT molecular complexity index is 1020. The average Bonchev–Trinajstić information content (AvgIpc) is 2.87. The van der Waals surface area contributed by atoms with Crippen molar-refractivity contribution in [3.8, 4) is 0 Å². The fraction of sp³-hybridized carbons (Fsp3) is 0.176. The van der Waals surface area contributed by atoms with Gasteiger partial charge in [0.2, 0.25) is 10.0 Å². The van der Waals surface area contributed by atoms with Crippen LogP contribution in [0.4, 0.5) is 23.7 Å². The smallest absolute Gasteiger partial charge is 0.302 e. The molecule has 1 aliphatic heterocycles. The van der Waals surface area contributed by atoms with Crippen LogP contribution in [-0.4, -0.2) is 32.2 Å². The first kappa shape index (κ1) is 19.8. The van der Waals surface area contributed by atoms with E-state index in [1.807, 2.05) is 0 Å². The second kappa shape index (κ2) is 6.60. The summed E-state index contributed by atoms with van der Waals surface area (Å²) in [6, 6.07) is 10.4. The summed E-state index contributed by atoms with van der Waals surface area (Å²) in [4.78, 5) is 24.6. The maximum Gasteiger partial charge on any atom is 0.435 e. The summed E-state index contributed by atoms with van der Waals surface area (Å²) in [6.07, 6.45) is -5.44. The van der Waals surface area contributed by atoms with E-state index >= 15 is 0 Å². The maximum atomic E-state index is 13.8. The number of nitrogens with zero attached hydrogens (tertiary/aromatic N) is 1. The van der Waals surface area contributed by atoms with Crippen LogP contribution in [-0.2, 0) is 14.8 Å². The van der Waals surface area contributed by atoms with E-state index < -0.39 is 38.7 Å². The van der Waals surface area contributed by atoms with Gasteiger partial charge < -0.3 is 5.32 Å². The third-order valence-corrected chi connectivity index (χ3v) is 5.55. The van der Waals surface area contributed by atoms with Crippen LogP contribution < -0.4 is 14.9 Å². The number of urea groups is 1. The summed E-state index contributed by atoms with van der Waals surface area (Å²) in [5.74, 6) is -1.80. The molecule has 1 atom stereocenters. The molecule has 0 spiro atoms. The second-order valence-electron chi connectivity index (χ2n) is 6.07. The van der Waals surface area contributed by atoms with Crippen LogP contribution >= 0.6 is 0 Å². The molecule has 148 valence electrons. The summed E-state index contributed by atoms with van der Waals surface area (Å²) >= 11 is 0. The van der Waals surface area contributed by atoms with Gasteiger partial charge in [-0.25, -0.2) is 18.1 Å². The molecule has 2 aromatic rings. The molecule has 2 aromatic carbocycles. The molecule has 7 nitrogen and oxygen atoms in total. The van der Waals surface area contributed by atoms with Gasteiger partial charge in [-0.15, -0.1) is 0 Å². The first-order chi connectivity index (χ1) is 13.0. The molecule has 0 saturated carbocycles. The Kier molecular flexibility index (Phi) is 4.68. The molecule has 0 bridgehead atoms. The molecule has 28 heavy (non-hydrogen) atoms. The van der Waals surface area contributed by atoms with Crippen molar-refractivity contribution in [3.63, 3.8) is 0 Å². The van der Waals surface area contributed by atoms with Crippen LogP contribution in [0.1, 0.15) is 5.56 Å². The van der Waals surface area contributed by atoms with Crippen LogP contribution in [0.5, 0.6) is 0 Å². The van der Waals surface area contributed by atoms with Gasteiger partial charge in [0.1, 0.15) is 0 Å². The first-order valence-electron chi connectivity index (χ1n) is 7.87. The van der Waals surface area contributed by atoms with Crippen LogP contribution in [0.3, 0.4) is 0 Å². The molecule has 1 saturated heterocycles. The van der Waals surface area contributed by atoms with Crippen LogP contribution in [0.25, 0.3) is 0 Å². The number of hydrogen-bond acceptors (Lipinski definition) is 4. The highest BCUT2D eigenvalue weighted by Crippen LogP contribution is 2.36. The number of alkyl halides is 3. The zero-order valence-electron chi connectivity index (χ0n) is 14.3. The highest BCUT2D eigenvalue weighted by atomic mass is 32.2. The standard InChI is InChI=1S/C17H14F3N3O4S/c1-11-7-9-12(10-8-11)23-14(24)16(17(18,19)20,21-15(23)25)22-28(26,27)13-5-3-2-4-6-13/h2-10,22H,1H3,(H,21,25)/t16-/m1/s1. The largest absolute Gasteiger partial charge is 0.435 e. The summed E-state index contributed by atoms with van der Waals surface area (Å²) in [6.45, 7) is 1.71. The van der Waals surface area contributed by atoms with E-state index in [0.717, 1.165) is 17.7 Å². The molecule has 1 heterocycles. The Labute approximate surface area is 158 Å². The summed E-state index contributed by atoms with van der Waals surface area (Å²) in [5.41, 5.74) is -3.20. The molecule has 0 radical (unpaired) electrons. The zero-order valence-corrected chi connectivity index (χ0v) is 15.1. The van der Waals surface area contributed by atoms with Gasteiger partial charge in [-0.05, 0) is 31.2 Å². The third-order valence-electron chi connectivity index (χ3n) is 4.08. The summed E-state index contributed by atoms with van der Waals surface area (Å²) < 4.78 is 67.8. The second-order valence-corrected chi connectivity index (χ2v) is 7.75. The molecule has 11 heteroatoms. The van der Waals surface area contributed by atoms with Gasteiger partial charge in [0.15, 0.2) is 0 Å². The molecule has 1 fully saturated rings. The normalized spacial score (nSPS) is 20.4. The molecule has 0 aliphatic carbocycles. The summed E-state index contributed by atoms with van der Waals surface area (Å²) in [5, 5.41) is 1.47. The maximum absolute atomic E-state index is 13.8. The van der Waals surface area contributed by atoms with Crippen molar-refractivity contribution in [2.45, 2.75) is 23.7 Å². The Morgan fingerprint density at radius 2 is 1.57 bits per heavy atom. The number of halogens is 3. The molecule has 0 aromatic heterocycles. The molecule has 3 amide bonds. The van der Waals surface area contributed by atoms with Crippen molar-refractivity contribution in [3.05, 3.63) is 60.2 Å². The number of hydrogen-bond donors (Lipinski definition) is 2. The number of carbonyl (C=O) groups excluding carboxylic acids is 2. The number of aryl methyl sites for hydroxylation is 1. The van der Waals surface area contributed by atoms with Gasteiger partial charge in [-0.3, -0.25) is 4.79 Å². The highest BCUT2D eigenvalue weighted by Gasteiger charge is 2.69. The zero-order chi connectivity index (χ0) is 20.7. The average molecular weight is 413 g/mol. The molecule has 1 aliphatic rings. The fourth-order valence-electron chi connectivity index (χ4n) is 2.64. The Hall–Kier alpha value is -2.92. The Morgan fingerprint density at radius 1 is 1.00 bits per heavy atom. The van der Waals surface area contributed by atoms with Gasteiger partial charge >= 0.3 is 12.2 Å². The number of sulfonamides is 1. The van der Waals surface area contributed by atoms with Gasteiger partial charge in [0, 0.05) is 0 Å². The van der Waals surface area contributed by atoms with Crippen LogP contribution in [0.15, 0.2) is 59.5 Å². The van der Waals surface area contributed by atoms with Gasteiger partial charge in [-0.2, -0.15) is 17.9 Å². The molecular formula is C17H14F3N3O4S. The predicted octanol–water partition coefficient (Wildman–Crippen LogP) is 2.29. The van der Waals surface area contributed by atoms with E-state index in [2.05, 4.69) is 0 Å². The van der Waals surface area contributed by atoms with E-state index in [1.54, 1.807) is 6.92 Å². The number of imide groups is 1. The van der Waals surface area contributed by atoms with Gasteiger partial charge in [0.05, 0.1) is 10.6 Å². The summed E-state index contributed by atoms with van der Waals surface area (Å²) in [7, 11) is -4.79. The van der Waals surface area contributed by atoms with E-state index in [9.17, 15) is 31.2 Å². The minimum atomic E-state index is -5.44. The number of amides is 3. The number of nitrogens with one attached hydrogen (secondary N) is 2. The van der Waals surface area contributed by atoms with E-state index in [-0.39, 0.29) is 10.6 Å². The van der Waals surface area contributed by atoms with Crippen molar-refractivity contribution in [1.29, 1.82) is 0 Å². The van der Waals surface area contributed by atoms with Crippen molar-refractivity contribution >= 4 is 27.6 Å². The van der Waals surface area contributed by atoms with Crippen molar-refractivity contribution in [2.75, 3.05) is 4.90 Å². The van der Waals surface area contributed by atoms with Gasteiger partial charge in [0.25, 0.3) is 11.6 Å². The third kappa shape index (κ3) is 3.22. The predicted molar refractivity (Wildman–Crippen MR) is 92.7 cm³/mol. The lowest BCUT2D eigenvalue weighted by atomic mass is 10.1. The van der Waals surface area contributed by atoms with Gasteiger partial charge in [-0.1, -0.05) is 35.9 Å².